The van der Waals surface area contributed by atoms with Crippen LogP contribution in [0, 0.1) is 5.53 Å². The van der Waals surface area contributed by atoms with Crippen LogP contribution in [0.3, 0.4) is 0 Å². The van der Waals surface area contributed by atoms with Gasteiger partial charge in [0.05, 0.1) is 6.20 Å². The molecule has 0 aliphatic heterocycles. The van der Waals surface area contributed by atoms with Gasteiger partial charge >= 0.3 is 0 Å². The van der Waals surface area contributed by atoms with Gasteiger partial charge in [-0.25, -0.2) is 5.53 Å². The van der Waals surface area contributed by atoms with Gasteiger partial charge in [-0.15, -0.1) is 0 Å². The summed E-state index contributed by atoms with van der Waals surface area (Å²) in [6, 6.07) is 7.84. The standard InChI is InChI=1S/C9H10N2/c1-2-8-5-3-4-6-9(8)7-11-10/h2-7,10H,1H3/b8-2-,9-7-,11-10?. The molecule has 1 aromatic rings. The lowest BCUT2D eigenvalue weighted by atomic mass is 10.2. The molecule has 56 valence electrons. The second kappa shape index (κ2) is 3.66. The minimum atomic E-state index is 0.991. The smallest absolute Gasteiger partial charge is 0.0567 e. The molecule has 0 aliphatic carbocycles. The third-order valence-electron chi connectivity index (χ3n) is 1.51. The van der Waals surface area contributed by atoms with Crippen molar-refractivity contribution in [1.29, 1.82) is 5.53 Å². The summed E-state index contributed by atoms with van der Waals surface area (Å²) in [6.45, 7) is 1.97. The van der Waals surface area contributed by atoms with E-state index in [1.165, 1.54) is 6.20 Å². The van der Waals surface area contributed by atoms with Gasteiger partial charge in [0.1, 0.15) is 0 Å². The summed E-state index contributed by atoms with van der Waals surface area (Å²) < 4.78 is 0. The molecular weight excluding hydrogens is 136 g/mol. The van der Waals surface area contributed by atoms with E-state index < -0.39 is 0 Å². The van der Waals surface area contributed by atoms with Gasteiger partial charge in [-0.2, -0.15) is 5.11 Å². The zero-order valence-corrected chi connectivity index (χ0v) is 6.41. The molecule has 0 radical (unpaired) electrons. The van der Waals surface area contributed by atoms with E-state index in [1.54, 1.807) is 0 Å². The molecule has 0 aromatic heterocycles. The average molecular weight is 146 g/mol. The first-order valence-electron chi connectivity index (χ1n) is 3.46. The first kappa shape index (κ1) is 7.66. The molecule has 0 saturated heterocycles. The van der Waals surface area contributed by atoms with E-state index in [2.05, 4.69) is 5.11 Å². The van der Waals surface area contributed by atoms with Crippen LogP contribution < -0.4 is 10.4 Å². The SMILES string of the molecule is C/C=c1/cccc/c1=C/N=N. The van der Waals surface area contributed by atoms with Crippen LogP contribution in [0.5, 0.6) is 0 Å². The lowest BCUT2D eigenvalue weighted by molar-refractivity contribution is 1.18. The lowest BCUT2D eigenvalue weighted by Gasteiger charge is -1.85. The molecule has 11 heavy (non-hydrogen) atoms. The van der Waals surface area contributed by atoms with Gasteiger partial charge in [0.25, 0.3) is 0 Å². The normalized spacial score (nSPS) is 13.5. The van der Waals surface area contributed by atoms with Crippen molar-refractivity contribution in [2.24, 2.45) is 5.11 Å². The number of nitrogens with one attached hydrogen (secondary N) is 1. The van der Waals surface area contributed by atoms with Gasteiger partial charge in [0.15, 0.2) is 0 Å². The van der Waals surface area contributed by atoms with Crippen LogP contribution in [0.2, 0.25) is 0 Å². The van der Waals surface area contributed by atoms with Gasteiger partial charge in [-0.05, 0) is 12.1 Å². The Balaban J connectivity index is 3.48. The third kappa shape index (κ3) is 1.74. The largest absolute Gasteiger partial charge is 0.205 e. The van der Waals surface area contributed by atoms with Crippen molar-refractivity contribution in [1.82, 2.24) is 0 Å². The fourth-order valence-corrected chi connectivity index (χ4v) is 0.961. The quantitative estimate of drug-likeness (QED) is 0.579. The second-order valence-electron chi connectivity index (χ2n) is 2.18. The van der Waals surface area contributed by atoms with Gasteiger partial charge in [-0.3, -0.25) is 0 Å². The molecule has 2 nitrogen and oxygen atoms in total. The second-order valence-corrected chi connectivity index (χ2v) is 2.18. The van der Waals surface area contributed by atoms with Crippen molar-refractivity contribution < 1.29 is 0 Å². The van der Waals surface area contributed by atoms with Crippen LogP contribution in [0.15, 0.2) is 29.4 Å². The summed E-state index contributed by atoms with van der Waals surface area (Å²) in [7, 11) is 0. The van der Waals surface area contributed by atoms with Gasteiger partial charge in [-0.1, -0.05) is 30.3 Å². The van der Waals surface area contributed by atoms with E-state index in [0.29, 0.717) is 0 Å². The van der Waals surface area contributed by atoms with Crippen molar-refractivity contribution in [3.8, 4) is 0 Å². The maximum atomic E-state index is 6.67. The van der Waals surface area contributed by atoms with E-state index in [4.69, 9.17) is 5.53 Å². The summed E-state index contributed by atoms with van der Waals surface area (Å²) in [4.78, 5) is 0. The monoisotopic (exact) mass is 146 g/mol. The molecule has 0 unspecified atom stereocenters. The predicted octanol–water partition coefficient (Wildman–Crippen LogP) is 1.26. The Bertz CT molecular complexity index is 352. The summed E-state index contributed by atoms with van der Waals surface area (Å²) >= 11 is 0. The fraction of sp³-hybridized carbons (Fsp3) is 0.111. The molecule has 0 aliphatic rings. The highest BCUT2D eigenvalue weighted by atomic mass is 14.9. The van der Waals surface area contributed by atoms with E-state index in [1.807, 2.05) is 37.3 Å². The molecule has 0 bridgehead atoms. The first-order valence-corrected chi connectivity index (χ1v) is 3.46. The van der Waals surface area contributed by atoms with Crippen LogP contribution in [0.4, 0.5) is 0 Å². The lowest BCUT2D eigenvalue weighted by Crippen LogP contribution is -2.22. The summed E-state index contributed by atoms with van der Waals surface area (Å²) in [6.07, 6.45) is 3.53. The minimum absolute atomic E-state index is 0.991. The van der Waals surface area contributed by atoms with E-state index in [-0.39, 0.29) is 0 Å². The minimum Gasteiger partial charge on any atom is -0.205 e. The maximum absolute atomic E-state index is 6.67. The highest BCUT2D eigenvalue weighted by Gasteiger charge is 1.79. The van der Waals surface area contributed by atoms with E-state index >= 15 is 0 Å². The van der Waals surface area contributed by atoms with Gasteiger partial charge in [0, 0.05) is 5.22 Å². The Kier molecular flexibility index (Phi) is 2.55. The molecule has 0 fully saturated rings. The number of benzene rings is 1. The predicted molar refractivity (Wildman–Crippen MR) is 45.4 cm³/mol. The van der Waals surface area contributed by atoms with Crippen LogP contribution in [-0.4, -0.2) is 0 Å². The molecule has 1 aromatic carbocycles. The molecule has 0 spiro atoms. The van der Waals surface area contributed by atoms with E-state index in [0.717, 1.165) is 10.4 Å². The Labute approximate surface area is 65.4 Å². The summed E-state index contributed by atoms with van der Waals surface area (Å²) in [5, 5.41) is 5.32. The zero-order chi connectivity index (χ0) is 8.10. The summed E-state index contributed by atoms with van der Waals surface area (Å²) in [5.74, 6) is 0. The zero-order valence-electron chi connectivity index (χ0n) is 6.41. The molecule has 1 rings (SSSR count). The molecular formula is C9H10N2. The maximum Gasteiger partial charge on any atom is 0.0567 e. The molecule has 0 heterocycles. The molecule has 0 amide bonds. The first-order chi connectivity index (χ1) is 5.38. The van der Waals surface area contributed by atoms with Crippen LogP contribution >= 0.6 is 0 Å². The Morgan fingerprint density at radius 3 is 2.45 bits per heavy atom. The number of hydrogen-bond acceptors (Lipinski definition) is 2. The van der Waals surface area contributed by atoms with Crippen molar-refractivity contribution in [2.75, 3.05) is 0 Å². The number of nitrogens with zero attached hydrogens (tertiary/aromatic N) is 1. The van der Waals surface area contributed by atoms with Gasteiger partial charge in [0.2, 0.25) is 0 Å². The number of rotatable bonds is 1. The van der Waals surface area contributed by atoms with Crippen LogP contribution in [0.1, 0.15) is 6.92 Å². The molecule has 0 saturated carbocycles. The third-order valence-corrected chi connectivity index (χ3v) is 1.51. The van der Waals surface area contributed by atoms with Crippen LogP contribution in [-0.2, 0) is 0 Å². The molecule has 2 heteroatoms. The highest BCUT2D eigenvalue weighted by molar-refractivity contribution is 5.28. The highest BCUT2D eigenvalue weighted by Crippen LogP contribution is 1.72. The van der Waals surface area contributed by atoms with Crippen molar-refractivity contribution >= 4 is 12.3 Å². The number of hydrogen-bond donors (Lipinski definition) is 1. The molecule has 0 atom stereocenters. The molecule has 1 N–H and O–H groups in total. The summed E-state index contributed by atoms with van der Waals surface area (Å²) in [5.41, 5.74) is 6.67. The van der Waals surface area contributed by atoms with Crippen LogP contribution in [0.25, 0.3) is 12.3 Å². The topological polar surface area (TPSA) is 36.2 Å². The van der Waals surface area contributed by atoms with E-state index in [9.17, 15) is 0 Å². The average Bonchev–Trinajstić information content (AvgIpc) is 2.06. The Hall–Kier alpha value is -1.44. The van der Waals surface area contributed by atoms with Crippen molar-refractivity contribution in [3.05, 3.63) is 34.7 Å². The van der Waals surface area contributed by atoms with Gasteiger partial charge < -0.3 is 0 Å². The fourth-order valence-electron chi connectivity index (χ4n) is 0.961. The van der Waals surface area contributed by atoms with Crippen molar-refractivity contribution in [3.63, 3.8) is 0 Å². The Morgan fingerprint density at radius 2 is 1.91 bits per heavy atom. The van der Waals surface area contributed by atoms with Crippen molar-refractivity contribution in [2.45, 2.75) is 6.92 Å². The Morgan fingerprint density at radius 1 is 1.27 bits per heavy atom.